The van der Waals surface area contributed by atoms with Crippen LogP contribution in [0.1, 0.15) is 0 Å². The van der Waals surface area contributed by atoms with Gasteiger partial charge in [0.25, 0.3) is 0 Å². The second-order valence-corrected chi connectivity index (χ2v) is 1.44. The van der Waals surface area contributed by atoms with Crippen molar-refractivity contribution in [3.63, 3.8) is 0 Å². The van der Waals surface area contributed by atoms with Gasteiger partial charge in [-0.15, -0.1) is 0 Å². The molecule has 0 aliphatic carbocycles. The molecular weight excluding hydrogens is 103 g/mol. The molecule has 0 aromatic carbocycles. The van der Waals surface area contributed by atoms with E-state index in [0.717, 1.165) is 0 Å². The lowest BCUT2D eigenvalue weighted by molar-refractivity contribution is 0.754. The predicted molar refractivity (Wildman–Crippen MR) is 29.5 cm³/mol. The van der Waals surface area contributed by atoms with E-state index in [1.54, 1.807) is 0 Å². The van der Waals surface area contributed by atoms with Crippen molar-refractivity contribution in [2.45, 2.75) is 5.82 Å². The van der Waals surface area contributed by atoms with E-state index in [4.69, 9.17) is 18.9 Å². The third-order valence-electron chi connectivity index (χ3n) is 0.652. The van der Waals surface area contributed by atoms with E-state index in [-0.39, 0.29) is 18.9 Å². The maximum Gasteiger partial charge on any atom is 0.0751 e. The van der Waals surface area contributed by atoms with Gasteiger partial charge in [-0.3, -0.25) is 0 Å². The quantitative estimate of drug-likeness (QED) is 0.400. The van der Waals surface area contributed by atoms with Crippen LogP contribution in [-0.2, 0) is 0 Å². The number of hydrogen-bond acceptors (Lipinski definition) is 4. The zero-order chi connectivity index (χ0) is 6.41. The summed E-state index contributed by atoms with van der Waals surface area (Å²) in [5, 5.41) is 6.07. The lowest BCUT2D eigenvalue weighted by Gasteiger charge is -1.98. The molecule has 5 heteroatoms. The molecule has 0 saturated carbocycles. The first-order chi connectivity index (χ1) is 3.81. The number of nitrogens with zero attached hydrogens (tertiary/aromatic N) is 2. The Bertz CT molecular complexity index is 73.4. The third kappa shape index (κ3) is 3.45. The molecule has 0 aliphatic heterocycles. The van der Waals surface area contributed by atoms with E-state index >= 15 is 0 Å². The van der Waals surface area contributed by atoms with Crippen LogP contribution in [0, 0.1) is 11.1 Å². The van der Waals surface area contributed by atoms with Crippen molar-refractivity contribution in [2.24, 2.45) is 10.2 Å². The molecule has 0 atom stereocenters. The van der Waals surface area contributed by atoms with Crippen molar-refractivity contribution in [1.29, 1.82) is 11.1 Å². The minimum absolute atomic E-state index is 0.245. The molecule has 8 heavy (non-hydrogen) atoms. The number of hydrogen-bond donors (Lipinski definition) is 2. The second kappa shape index (κ2) is 4.42. The van der Waals surface area contributed by atoms with Crippen LogP contribution >= 0.6 is 0 Å². The lowest BCUT2D eigenvalue weighted by atomic mass is 9.88. The fourth-order valence-electron chi connectivity index (χ4n) is 0.292. The molecule has 0 heterocycles. The van der Waals surface area contributed by atoms with Gasteiger partial charge in [0.1, 0.15) is 0 Å². The minimum Gasteiger partial charge on any atom is -0.210 e. The van der Waals surface area contributed by atoms with Crippen LogP contribution in [0.5, 0.6) is 0 Å². The molecule has 0 bridgehead atoms. The summed E-state index contributed by atoms with van der Waals surface area (Å²) in [6.07, 6.45) is 0. The lowest BCUT2D eigenvalue weighted by Crippen LogP contribution is -1.99. The van der Waals surface area contributed by atoms with E-state index in [9.17, 15) is 0 Å². The van der Waals surface area contributed by atoms with E-state index in [1.165, 1.54) is 0 Å². The van der Waals surface area contributed by atoms with Crippen LogP contribution in [0.25, 0.3) is 0 Å². The van der Waals surface area contributed by atoms with E-state index in [1.807, 2.05) is 0 Å². The van der Waals surface area contributed by atoms with Crippen molar-refractivity contribution in [3.8, 4) is 0 Å². The second-order valence-electron chi connectivity index (χ2n) is 1.44. The van der Waals surface area contributed by atoms with Gasteiger partial charge < -0.3 is 0 Å². The topological polar surface area (TPSA) is 72.4 Å². The highest BCUT2D eigenvalue weighted by molar-refractivity contribution is 6.12. The largest absolute Gasteiger partial charge is 0.210 e. The highest BCUT2D eigenvalue weighted by atomic mass is 15.0. The molecule has 0 unspecified atom stereocenters. The molecule has 0 rings (SSSR count). The molecule has 0 aromatic heterocycles. The summed E-state index contributed by atoms with van der Waals surface area (Å²) in [6.45, 7) is 0.532. The normalized spacial score (nSPS) is 12.5. The summed E-state index contributed by atoms with van der Waals surface area (Å²) in [4.78, 5) is 0. The van der Waals surface area contributed by atoms with Crippen molar-refractivity contribution < 1.29 is 0 Å². The fraction of sp³-hybridized carbons (Fsp3) is 1.00. The van der Waals surface area contributed by atoms with Crippen LogP contribution in [0.15, 0.2) is 10.2 Å². The summed E-state index contributed by atoms with van der Waals surface area (Å²) >= 11 is 0. The Balaban J connectivity index is 3.16. The van der Waals surface area contributed by atoms with Gasteiger partial charge in [-0.1, -0.05) is 0 Å². The van der Waals surface area contributed by atoms with Gasteiger partial charge in [0.2, 0.25) is 0 Å². The molecular formula is C3H7BN4. The van der Waals surface area contributed by atoms with Gasteiger partial charge in [0.15, 0.2) is 0 Å². The zero-order valence-corrected chi connectivity index (χ0v) is 4.46. The standard InChI is InChI=1S/C3H7BN4/c4-3(1-7-5)2-8-6/h3,5-6H,1-2H2. The van der Waals surface area contributed by atoms with E-state index in [0.29, 0.717) is 0 Å². The molecule has 0 aliphatic rings. The Hall–Kier alpha value is -0.735. The predicted octanol–water partition coefficient (Wildman–Crippen LogP) is 1.01. The Morgan fingerprint density at radius 3 is 1.88 bits per heavy atom. The smallest absolute Gasteiger partial charge is 0.0751 e. The van der Waals surface area contributed by atoms with Crippen LogP contribution in [0.4, 0.5) is 0 Å². The van der Waals surface area contributed by atoms with Crippen LogP contribution in [0.3, 0.4) is 0 Å². The van der Waals surface area contributed by atoms with Crippen LogP contribution < -0.4 is 0 Å². The van der Waals surface area contributed by atoms with Gasteiger partial charge >= 0.3 is 0 Å². The van der Waals surface area contributed by atoms with Gasteiger partial charge in [-0.05, 0) is 5.82 Å². The van der Waals surface area contributed by atoms with Gasteiger partial charge in [-0.2, -0.15) is 10.2 Å². The molecule has 42 valence electrons. The molecule has 0 fully saturated rings. The van der Waals surface area contributed by atoms with E-state index < -0.39 is 0 Å². The van der Waals surface area contributed by atoms with Gasteiger partial charge in [0, 0.05) is 0 Å². The monoisotopic (exact) mass is 110 g/mol. The van der Waals surface area contributed by atoms with Gasteiger partial charge in [0.05, 0.1) is 20.9 Å². The molecule has 4 nitrogen and oxygen atoms in total. The molecule has 2 N–H and O–H groups in total. The third-order valence-corrected chi connectivity index (χ3v) is 0.652. The number of nitrogens with one attached hydrogen (secondary N) is 2. The Kier molecular flexibility index (Phi) is 4.02. The summed E-state index contributed by atoms with van der Waals surface area (Å²) in [6, 6.07) is 0. The summed E-state index contributed by atoms with van der Waals surface area (Å²) in [5.41, 5.74) is 12.7. The first-order valence-electron chi connectivity index (χ1n) is 2.23. The zero-order valence-electron chi connectivity index (χ0n) is 4.46. The van der Waals surface area contributed by atoms with Gasteiger partial charge in [-0.25, -0.2) is 11.1 Å². The molecule has 0 spiro atoms. The Morgan fingerprint density at radius 1 is 1.25 bits per heavy atom. The molecule has 0 saturated heterocycles. The average Bonchev–Trinajstić information content (AvgIpc) is 1.68. The highest BCUT2D eigenvalue weighted by Gasteiger charge is 1.96. The minimum atomic E-state index is -0.245. The summed E-state index contributed by atoms with van der Waals surface area (Å²) in [5.74, 6) is -0.245. The SMILES string of the molecule is [B]C(CN=N)CN=N. The summed E-state index contributed by atoms with van der Waals surface area (Å²) < 4.78 is 0. The molecule has 0 aromatic rings. The van der Waals surface area contributed by atoms with Crippen molar-refractivity contribution in [1.82, 2.24) is 0 Å². The number of rotatable bonds is 4. The van der Waals surface area contributed by atoms with Crippen molar-refractivity contribution >= 4 is 7.85 Å². The first kappa shape index (κ1) is 7.26. The average molecular weight is 110 g/mol. The summed E-state index contributed by atoms with van der Waals surface area (Å²) in [7, 11) is 5.27. The van der Waals surface area contributed by atoms with Crippen LogP contribution in [0.2, 0.25) is 5.82 Å². The van der Waals surface area contributed by atoms with Crippen LogP contribution in [-0.4, -0.2) is 20.9 Å². The Labute approximate surface area is 49.1 Å². The van der Waals surface area contributed by atoms with Crippen molar-refractivity contribution in [2.75, 3.05) is 13.1 Å². The maximum absolute atomic E-state index is 6.35. The fourth-order valence-corrected chi connectivity index (χ4v) is 0.292. The highest BCUT2D eigenvalue weighted by Crippen LogP contribution is 1.97. The van der Waals surface area contributed by atoms with E-state index in [2.05, 4.69) is 10.2 Å². The molecule has 0 amide bonds. The maximum atomic E-state index is 6.35. The molecule has 2 radical (unpaired) electrons. The first-order valence-corrected chi connectivity index (χ1v) is 2.23. The Morgan fingerprint density at radius 2 is 1.62 bits per heavy atom. The van der Waals surface area contributed by atoms with Crippen molar-refractivity contribution in [3.05, 3.63) is 0 Å².